The Bertz CT molecular complexity index is 430. The largest absolute Gasteiger partial charge is 0.392 e. The first-order chi connectivity index (χ1) is 7.14. The zero-order chi connectivity index (χ0) is 10.4. The minimum Gasteiger partial charge on any atom is -0.392 e. The maximum Gasteiger partial charge on any atom is 0.331 e. The highest BCUT2D eigenvalue weighted by molar-refractivity contribution is 9.10. The van der Waals surface area contributed by atoms with E-state index in [0.717, 1.165) is 6.42 Å². The molecule has 2 saturated carbocycles. The van der Waals surface area contributed by atoms with Crippen molar-refractivity contribution in [2.24, 2.45) is 29.6 Å². The number of rotatable bonds is 0. The summed E-state index contributed by atoms with van der Waals surface area (Å²) in [7, 11) is 0. The van der Waals surface area contributed by atoms with E-state index >= 15 is 0 Å². The fourth-order valence-electron chi connectivity index (χ4n) is 4.10. The quantitative estimate of drug-likeness (QED) is 0.288. The van der Waals surface area contributed by atoms with Crippen LogP contribution < -0.4 is 0 Å². The first kappa shape index (κ1) is 8.50. The van der Waals surface area contributed by atoms with Crippen LogP contribution in [0.4, 0.5) is 0 Å². The second-order valence-corrected chi connectivity index (χ2v) is 6.32. The third-order valence-electron chi connectivity index (χ3n) is 4.60. The Morgan fingerprint density at radius 3 is 2.87 bits per heavy atom. The molecule has 0 aromatic carbocycles. The number of esters is 2. The van der Waals surface area contributed by atoms with Gasteiger partial charge in [-0.1, -0.05) is 28.1 Å². The molecular weight excluding hydrogens is 260 g/mol. The molecule has 6 unspecified atom stereocenters. The zero-order valence-electron chi connectivity index (χ0n) is 7.85. The number of carbonyl (C=O) groups excluding carboxylic acids is 2. The Balaban J connectivity index is 1.86. The van der Waals surface area contributed by atoms with Crippen molar-refractivity contribution in [2.45, 2.75) is 10.7 Å². The first-order valence-electron chi connectivity index (χ1n) is 5.27. The molecule has 2 bridgehead atoms. The average molecular weight is 269 g/mol. The highest BCUT2D eigenvalue weighted by Crippen LogP contribution is 2.70. The van der Waals surface area contributed by atoms with Crippen molar-refractivity contribution >= 4 is 27.9 Å². The second kappa shape index (κ2) is 2.21. The first-order valence-corrected chi connectivity index (χ1v) is 6.06. The molecule has 4 heteroatoms. The van der Waals surface area contributed by atoms with Gasteiger partial charge in [0.1, 0.15) is 4.32 Å². The van der Waals surface area contributed by atoms with E-state index in [9.17, 15) is 9.59 Å². The number of ether oxygens (including phenoxy) is 1. The summed E-state index contributed by atoms with van der Waals surface area (Å²) in [6.07, 6.45) is 5.51. The van der Waals surface area contributed by atoms with E-state index in [-0.39, 0.29) is 23.8 Å². The van der Waals surface area contributed by atoms with Gasteiger partial charge >= 0.3 is 11.9 Å². The van der Waals surface area contributed by atoms with Gasteiger partial charge in [0.15, 0.2) is 0 Å². The van der Waals surface area contributed by atoms with E-state index in [1.54, 1.807) is 0 Å². The lowest BCUT2D eigenvalue weighted by atomic mass is 9.54. The van der Waals surface area contributed by atoms with Crippen LogP contribution in [0.15, 0.2) is 12.2 Å². The third-order valence-corrected chi connectivity index (χ3v) is 5.95. The summed E-state index contributed by atoms with van der Waals surface area (Å²) in [5, 5.41) is 0. The lowest BCUT2D eigenvalue weighted by molar-refractivity contribution is -0.153. The summed E-state index contributed by atoms with van der Waals surface area (Å²) in [4.78, 5) is 23.2. The maximum absolute atomic E-state index is 11.7. The number of allylic oxidation sites excluding steroid dienone is 2. The van der Waals surface area contributed by atoms with Crippen LogP contribution in [0.5, 0.6) is 0 Å². The van der Waals surface area contributed by atoms with Crippen molar-refractivity contribution < 1.29 is 14.3 Å². The summed E-state index contributed by atoms with van der Waals surface area (Å²) < 4.78 is 4.08. The van der Waals surface area contributed by atoms with E-state index in [1.807, 2.05) is 0 Å². The fourth-order valence-corrected chi connectivity index (χ4v) is 5.32. The van der Waals surface area contributed by atoms with E-state index in [0.29, 0.717) is 17.8 Å². The monoisotopic (exact) mass is 268 g/mol. The number of fused-ring (bicyclic) bond motifs is 8. The number of halogens is 1. The van der Waals surface area contributed by atoms with Crippen LogP contribution in [0.3, 0.4) is 0 Å². The molecule has 3 aliphatic carbocycles. The number of hydrogen-bond donors (Lipinski definition) is 0. The highest BCUT2D eigenvalue weighted by Gasteiger charge is 2.78. The standard InChI is InChI=1S/C11H9BrO3/c12-11-7-5-2-1-4(3-5)6(7)8(11)9(13)15-10(11)14/h1-2,4-8H,3H2. The summed E-state index contributed by atoms with van der Waals surface area (Å²) in [6, 6.07) is 0. The van der Waals surface area contributed by atoms with E-state index < -0.39 is 4.32 Å². The molecule has 4 rings (SSSR count). The smallest absolute Gasteiger partial charge is 0.331 e. The summed E-state index contributed by atoms with van der Waals surface area (Å²) in [6.45, 7) is 0. The lowest BCUT2D eigenvalue weighted by Gasteiger charge is -2.51. The Kier molecular flexibility index (Phi) is 1.26. The lowest BCUT2D eigenvalue weighted by Crippen LogP contribution is -2.61. The molecule has 0 N–H and O–H groups in total. The third kappa shape index (κ3) is 0.680. The van der Waals surface area contributed by atoms with Crippen molar-refractivity contribution in [3.63, 3.8) is 0 Å². The molecule has 1 saturated heterocycles. The highest BCUT2D eigenvalue weighted by atomic mass is 79.9. The van der Waals surface area contributed by atoms with Crippen LogP contribution >= 0.6 is 15.9 Å². The Labute approximate surface area is 95.0 Å². The van der Waals surface area contributed by atoms with Crippen molar-refractivity contribution in [1.82, 2.24) is 0 Å². The van der Waals surface area contributed by atoms with Crippen LogP contribution in [-0.4, -0.2) is 16.3 Å². The topological polar surface area (TPSA) is 43.4 Å². The van der Waals surface area contributed by atoms with Gasteiger partial charge in [0.05, 0.1) is 5.92 Å². The minimum absolute atomic E-state index is 0.227. The fraction of sp³-hybridized carbons (Fsp3) is 0.636. The molecule has 0 aromatic rings. The molecule has 1 heterocycles. The van der Waals surface area contributed by atoms with Gasteiger partial charge in [0.2, 0.25) is 0 Å². The average Bonchev–Trinajstić information content (AvgIpc) is 2.76. The normalized spacial score (nSPS) is 58.9. The number of hydrogen-bond acceptors (Lipinski definition) is 3. The molecule has 1 aliphatic heterocycles. The number of cyclic esters (lactones) is 2. The van der Waals surface area contributed by atoms with Gasteiger partial charge in [-0.3, -0.25) is 4.79 Å². The summed E-state index contributed by atoms with van der Waals surface area (Å²) >= 11 is 3.48. The van der Waals surface area contributed by atoms with Gasteiger partial charge in [0, 0.05) is 0 Å². The second-order valence-electron chi connectivity index (χ2n) is 5.01. The van der Waals surface area contributed by atoms with E-state index in [1.165, 1.54) is 0 Å². The number of alkyl halides is 1. The van der Waals surface area contributed by atoms with Crippen molar-refractivity contribution in [3.8, 4) is 0 Å². The van der Waals surface area contributed by atoms with Crippen LogP contribution in [0.25, 0.3) is 0 Å². The van der Waals surface area contributed by atoms with Gasteiger partial charge < -0.3 is 4.74 Å². The molecule has 0 amide bonds. The van der Waals surface area contributed by atoms with Crippen molar-refractivity contribution in [3.05, 3.63) is 12.2 Å². The molecule has 3 nitrogen and oxygen atoms in total. The van der Waals surface area contributed by atoms with Crippen LogP contribution in [0.2, 0.25) is 0 Å². The molecule has 6 atom stereocenters. The molecule has 3 fully saturated rings. The molecule has 78 valence electrons. The Morgan fingerprint density at radius 2 is 2.07 bits per heavy atom. The van der Waals surface area contributed by atoms with Gasteiger partial charge in [-0.2, -0.15) is 0 Å². The van der Waals surface area contributed by atoms with E-state index in [4.69, 9.17) is 4.74 Å². The number of carbonyl (C=O) groups is 2. The predicted octanol–water partition coefficient (Wildman–Crippen LogP) is 1.27. The maximum atomic E-state index is 11.7. The molecular formula is C11H9BrO3. The van der Waals surface area contributed by atoms with Crippen LogP contribution in [-0.2, 0) is 14.3 Å². The van der Waals surface area contributed by atoms with Gasteiger partial charge in [0.25, 0.3) is 0 Å². The van der Waals surface area contributed by atoms with Crippen molar-refractivity contribution in [2.75, 3.05) is 0 Å². The summed E-state index contributed by atoms with van der Waals surface area (Å²) in [5.41, 5.74) is 0. The molecule has 0 aromatic heterocycles. The molecule has 0 radical (unpaired) electrons. The van der Waals surface area contributed by atoms with E-state index in [2.05, 4.69) is 28.1 Å². The molecule has 4 aliphatic rings. The van der Waals surface area contributed by atoms with Crippen LogP contribution in [0, 0.1) is 29.6 Å². The SMILES string of the molecule is O=C1OC(=O)C2(Br)C1C1C3C=CC(C3)C12. The molecule has 15 heavy (non-hydrogen) atoms. The van der Waals surface area contributed by atoms with Crippen LogP contribution in [0.1, 0.15) is 6.42 Å². The Morgan fingerprint density at radius 1 is 1.33 bits per heavy atom. The predicted molar refractivity (Wildman–Crippen MR) is 54.0 cm³/mol. The zero-order valence-corrected chi connectivity index (χ0v) is 9.44. The Hall–Kier alpha value is -0.640. The summed E-state index contributed by atoms with van der Waals surface area (Å²) in [5.74, 6) is 0.687. The minimum atomic E-state index is -0.682. The van der Waals surface area contributed by atoms with Gasteiger partial charge in [-0.25, -0.2) is 4.79 Å². The molecule has 0 spiro atoms. The van der Waals surface area contributed by atoms with Gasteiger partial charge in [-0.05, 0) is 30.1 Å². The van der Waals surface area contributed by atoms with Crippen molar-refractivity contribution in [1.29, 1.82) is 0 Å². The van der Waals surface area contributed by atoms with Gasteiger partial charge in [-0.15, -0.1) is 0 Å².